The van der Waals surface area contributed by atoms with Crippen LogP contribution >= 0.6 is 0 Å². The van der Waals surface area contributed by atoms with Crippen molar-refractivity contribution in [2.45, 2.75) is 13.0 Å². The molecule has 0 bridgehead atoms. The van der Waals surface area contributed by atoms with Crippen LogP contribution in [0.15, 0.2) is 0 Å². The Balaban J connectivity index is 2.13. The molecule has 1 heterocycles. The Morgan fingerprint density at radius 1 is 1.50 bits per heavy atom. The van der Waals surface area contributed by atoms with E-state index in [1.54, 1.807) is 4.90 Å². The molecule has 0 aromatic heterocycles. The van der Waals surface area contributed by atoms with Crippen LogP contribution < -0.4 is 10.6 Å². The van der Waals surface area contributed by atoms with E-state index in [1.165, 1.54) is 19.6 Å². The first-order valence-electron chi connectivity index (χ1n) is 4.03. The van der Waals surface area contributed by atoms with Gasteiger partial charge in [-0.05, 0) is 6.92 Å². The minimum absolute atomic E-state index is 0.577. The van der Waals surface area contributed by atoms with Crippen molar-refractivity contribution < 1.29 is 15.4 Å². The van der Waals surface area contributed by atoms with Crippen LogP contribution in [-0.4, -0.2) is 38.9 Å². The zero-order valence-corrected chi connectivity index (χ0v) is 6.73. The van der Waals surface area contributed by atoms with Crippen molar-refractivity contribution in [3.8, 4) is 0 Å². The Labute approximate surface area is 62.1 Å². The standard InChI is InChI=1S/C7H16N2O/c1-7(8)6-9-2-4-10-5-3-9/h7H,2-6,8H2,1H3/p+2/t7-/m1/s1. The lowest BCUT2D eigenvalue weighted by Gasteiger charge is -2.23. The summed E-state index contributed by atoms with van der Waals surface area (Å²) in [7, 11) is 0. The summed E-state index contributed by atoms with van der Waals surface area (Å²) in [6.45, 7) is 7.57. The molecule has 1 aliphatic rings. The number of nitrogens with one attached hydrogen (secondary N) is 1. The molecule has 4 N–H and O–H groups in total. The van der Waals surface area contributed by atoms with Gasteiger partial charge in [0.2, 0.25) is 0 Å². The van der Waals surface area contributed by atoms with Crippen molar-refractivity contribution in [1.82, 2.24) is 0 Å². The highest BCUT2D eigenvalue weighted by atomic mass is 16.5. The van der Waals surface area contributed by atoms with E-state index in [9.17, 15) is 0 Å². The Morgan fingerprint density at radius 3 is 2.60 bits per heavy atom. The highest BCUT2D eigenvalue weighted by Crippen LogP contribution is 1.74. The van der Waals surface area contributed by atoms with Gasteiger partial charge in [0.25, 0.3) is 0 Å². The van der Waals surface area contributed by atoms with Crippen LogP contribution in [0.25, 0.3) is 0 Å². The maximum Gasteiger partial charge on any atom is 0.131 e. The molecular weight excluding hydrogens is 128 g/mol. The minimum Gasteiger partial charge on any atom is -0.370 e. The van der Waals surface area contributed by atoms with Crippen LogP contribution in [0.4, 0.5) is 0 Å². The summed E-state index contributed by atoms with van der Waals surface area (Å²) in [4.78, 5) is 1.65. The van der Waals surface area contributed by atoms with Crippen molar-refractivity contribution in [3.63, 3.8) is 0 Å². The van der Waals surface area contributed by atoms with E-state index in [0.717, 1.165) is 13.2 Å². The van der Waals surface area contributed by atoms with Gasteiger partial charge >= 0.3 is 0 Å². The first kappa shape index (κ1) is 7.98. The largest absolute Gasteiger partial charge is 0.370 e. The second-order valence-corrected chi connectivity index (χ2v) is 3.17. The van der Waals surface area contributed by atoms with Crippen LogP contribution in [0.2, 0.25) is 0 Å². The Morgan fingerprint density at radius 2 is 2.10 bits per heavy atom. The molecule has 1 atom stereocenters. The highest BCUT2D eigenvalue weighted by Gasteiger charge is 2.15. The van der Waals surface area contributed by atoms with Gasteiger partial charge in [0.05, 0.1) is 13.2 Å². The number of ether oxygens (including phenoxy) is 1. The van der Waals surface area contributed by atoms with Crippen LogP contribution in [0.5, 0.6) is 0 Å². The molecule has 0 aromatic rings. The molecule has 0 aliphatic carbocycles. The summed E-state index contributed by atoms with van der Waals surface area (Å²) >= 11 is 0. The van der Waals surface area contributed by atoms with Gasteiger partial charge in [0.15, 0.2) is 0 Å². The fourth-order valence-electron chi connectivity index (χ4n) is 1.36. The summed E-state index contributed by atoms with van der Waals surface area (Å²) in [6.07, 6.45) is 0. The molecule has 0 spiro atoms. The molecule has 10 heavy (non-hydrogen) atoms. The van der Waals surface area contributed by atoms with E-state index < -0.39 is 0 Å². The van der Waals surface area contributed by atoms with Gasteiger partial charge in [-0.2, -0.15) is 0 Å². The molecule has 1 fully saturated rings. The number of rotatable bonds is 2. The monoisotopic (exact) mass is 146 g/mol. The molecule has 0 saturated carbocycles. The lowest BCUT2D eigenvalue weighted by atomic mass is 10.3. The van der Waals surface area contributed by atoms with Gasteiger partial charge in [0.1, 0.15) is 25.7 Å². The number of quaternary nitrogens is 2. The fraction of sp³-hybridized carbons (Fsp3) is 1.00. The third-order valence-corrected chi connectivity index (χ3v) is 1.84. The van der Waals surface area contributed by atoms with Crippen molar-refractivity contribution in [1.29, 1.82) is 0 Å². The van der Waals surface area contributed by atoms with Gasteiger partial charge < -0.3 is 15.4 Å². The predicted molar refractivity (Wildman–Crippen MR) is 38.7 cm³/mol. The third-order valence-electron chi connectivity index (χ3n) is 1.84. The quantitative estimate of drug-likeness (QED) is 0.445. The first-order valence-corrected chi connectivity index (χ1v) is 4.03. The van der Waals surface area contributed by atoms with Crippen LogP contribution in [0.1, 0.15) is 6.92 Å². The summed E-state index contributed by atoms with van der Waals surface area (Å²) < 4.78 is 5.24. The molecule has 1 saturated heterocycles. The molecule has 1 aliphatic heterocycles. The van der Waals surface area contributed by atoms with E-state index >= 15 is 0 Å². The van der Waals surface area contributed by atoms with Crippen molar-refractivity contribution in [3.05, 3.63) is 0 Å². The van der Waals surface area contributed by atoms with Crippen LogP contribution in [0, 0.1) is 0 Å². The Bertz CT molecular complexity index is 89.6. The molecular formula is C7H18N2O+2. The van der Waals surface area contributed by atoms with Crippen LogP contribution in [0.3, 0.4) is 0 Å². The van der Waals surface area contributed by atoms with E-state index in [1.807, 2.05) is 0 Å². The van der Waals surface area contributed by atoms with Crippen molar-refractivity contribution in [2.75, 3.05) is 32.8 Å². The van der Waals surface area contributed by atoms with Crippen molar-refractivity contribution in [2.24, 2.45) is 0 Å². The minimum atomic E-state index is 0.577. The SMILES string of the molecule is C[C@@H]([NH3+])C[NH+]1CCOCC1. The van der Waals surface area contributed by atoms with E-state index in [-0.39, 0.29) is 0 Å². The average Bonchev–Trinajstić information content (AvgIpc) is 1.88. The second-order valence-electron chi connectivity index (χ2n) is 3.17. The summed E-state index contributed by atoms with van der Waals surface area (Å²) in [5.74, 6) is 0. The number of hydrogen-bond acceptors (Lipinski definition) is 1. The molecule has 0 radical (unpaired) electrons. The smallest absolute Gasteiger partial charge is 0.131 e. The van der Waals surface area contributed by atoms with E-state index in [4.69, 9.17) is 4.74 Å². The Kier molecular flexibility index (Phi) is 3.12. The molecule has 3 heteroatoms. The molecule has 0 amide bonds. The van der Waals surface area contributed by atoms with Gasteiger partial charge in [0, 0.05) is 0 Å². The fourth-order valence-corrected chi connectivity index (χ4v) is 1.36. The third kappa shape index (κ3) is 2.64. The zero-order valence-electron chi connectivity index (χ0n) is 6.73. The molecule has 60 valence electrons. The molecule has 1 rings (SSSR count). The van der Waals surface area contributed by atoms with E-state index in [2.05, 4.69) is 12.7 Å². The number of hydrogen-bond donors (Lipinski definition) is 2. The van der Waals surface area contributed by atoms with Crippen LogP contribution in [-0.2, 0) is 4.74 Å². The lowest BCUT2D eigenvalue weighted by molar-refractivity contribution is -0.916. The normalized spacial score (nSPS) is 24.6. The topological polar surface area (TPSA) is 41.3 Å². The van der Waals surface area contributed by atoms with Gasteiger partial charge in [-0.25, -0.2) is 0 Å². The maximum absolute atomic E-state index is 5.24. The zero-order chi connectivity index (χ0) is 7.40. The second kappa shape index (κ2) is 3.91. The molecule has 0 aromatic carbocycles. The number of morpholine rings is 1. The summed E-state index contributed by atoms with van der Waals surface area (Å²) in [5.41, 5.74) is 3.97. The maximum atomic E-state index is 5.24. The molecule has 3 nitrogen and oxygen atoms in total. The Hall–Kier alpha value is -0.120. The first-order chi connectivity index (χ1) is 4.79. The van der Waals surface area contributed by atoms with E-state index in [0.29, 0.717) is 6.04 Å². The molecule has 0 unspecified atom stereocenters. The van der Waals surface area contributed by atoms with Gasteiger partial charge in [-0.1, -0.05) is 0 Å². The summed E-state index contributed by atoms with van der Waals surface area (Å²) in [6, 6.07) is 0.577. The van der Waals surface area contributed by atoms with Gasteiger partial charge in [-0.15, -0.1) is 0 Å². The predicted octanol–water partition coefficient (Wildman–Crippen LogP) is -2.47. The average molecular weight is 146 g/mol. The summed E-state index contributed by atoms with van der Waals surface area (Å²) in [5, 5.41) is 0. The van der Waals surface area contributed by atoms with Crippen molar-refractivity contribution >= 4 is 0 Å². The van der Waals surface area contributed by atoms with Gasteiger partial charge in [-0.3, -0.25) is 0 Å². The highest BCUT2D eigenvalue weighted by molar-refractivity contribution is 4.42. The lowest BCUT2D eigenvalue weighted by Crippen LogP contribution is -3.16.